The summed E-state index contributed by atoms with van der Waals surface area (Å²) in [5, 5.41) is 10.4. The molecule has 0 bridgehead atoms. The van der Waals surface area contributed by atoms with Gasteiger partial charge < -0.3 is 15.7 Å². The molecule has 2 heterocycles. The first-order valence-electron chi connectivity index (χ1n) is 7.14. The molecule has 1 aliphatic rings. The van der Waals surface area contributed by atoms with E-state index in [2.05, 4.69) is 21.2 Å². The second kappa shape index (κ2) is 6.03. The Morgan fingerprint density at radius 1 is 1.50 bits per heavy atom. The predicted molar refractivity (Wildman–Crippen MR) is 87.9 cm³/mol. The van der Waals surface area contributed by atoms with Gasteiger partial charge in [-0.05, 0) is 23.7 Å². The van der Waals surface area contributed by atoms with Crippen molar-refractivity contribution in [2.24, 2.45) is 5.73 Å². The Bertz CT molecular complexity index is 883. The Kier molecular flexibility index (Phi) is 4.05. The smallest absolute Gasteiger partial charge is 0.279 e. The summed E-state index contributed by atoms with van der Waals surface area (Å²) in [6, 6.07) is 7.02. The third-order valence-corrected chi connectivity index (χ3v) is 4.41. The van der Waals surface area contributed by atoms with Gasteiger partial charge >= 0.3 is 0 Å². The van der Waals surface area contributed by atoms with Gasteiger partial charge in [0.05, 0.1) is 0 Å². The normalized spacial score (nSPS) is 19.9. The Hall–Kier alpha value is -2.76. The molecular weight excluding hydrogens is 328 g/mol. The van der Waals surface area contributed by atoms with Gasteiger partial charge in [0.1, 0.15) is 0 Å². The van der Waals surface area contributed by atoms with Crippen LogP contribution in [0, 0.1) is 11.8 Å². The van der Waals surface area contributed by atoms with Gasteiger partial charge in [-0.2, -0.15) is 4.37 Å². The molecule has 2 aromatic rings. The lowest BCUT2D eigenvalue weighted by atomic mass is 10.0. The zero-order chi connectivity index (χ0) is 17.3. The lowest BCUT2D eigenvalue weighted by Crippen LogP contribution is -2.37. The molecule has 1 aromatic heterocycles. The second-order valence-electron chi connectivity index (χ2n) is 5.46. The average Bonchev–Trinajstić information content (AvgIpc) is 3.16. The highest BCUT2D eigenvalue weighted by molar-refractivity contribution is 7.07. The number of benzene rings is 1. The fourth-order valence-electron chi connectivity index (χ4n) is 2.32. The van der Waals surface area contributed by atoms with Gasteiger partial charge in [0, 0.05) is 31.1 Å². The number of likely N-dealkylation sites (tertiary alicyclic amines) is 1. The van der Waals surface area contributed by atoms with Crippen molar-refractivity contribution in [2.75, 3.05) is 13.6 Å². The van der Waals surface area contributed by atoms with Crippen molar-refractivity contribution in [2.45, 2.75) is 12.0 Å². The summed E-state index contributed by atoms with van der Waals surface area (Å²) in [6.45, 7) is 0.475. The number of nitrogens with two attached hydrogens (primary N) is 1. The van der Waals surface area contributed by atoms with Crippen LogP contribution in [-0.4, -0.2) is 50.4 Å². The number of aliphatic hydroxyl groups is 1. The fourth-order valence-corrected chi connectivity index (χ4v) is 2.86. The van der Waals surface area contributed by atoms with E-state index in [-0.39, 0.29) is 11.4 Å². The first-order chi connectivity index (χ1) is 11.4. The van der Waals surface area contributed by atoms with Crippen molar-refractivity contribution in [3.05, 3.63) is 34.8 Å². The standard InChI is InChI=1S/C16H14N4O3S/c1-20-8-7-16(23,15(20)22)6-5-10-3-2-4-11(9-10)13-18-14(12(17)21)24-19-13/h2-4,9,23H,7-8H2,1H3,(H2,17,21). The molecule has 1 aliphatic heterocycles. The summed E-state index contributed by atoms with van der Waals surface area (Å²) in [7, 11) is 1.63. The molecule has 0 spiro atoms. The molecule has 0 aliphatic carbocycles. The third-order valence-electron chi connectivity index (χ3n) is 3.68. The molecule has 3 rings (SSSR count). The van der Waals surface area contributed by atoms with Crippen LogP contribution in [0.15, 0.2) is 24.3 Å². The van der Waals surface area contributed by atoms with E-state index in [0.29, 0.717) is 23.5 Å². The Morgan fingerprint density at radius 2 is 2.29 bits per heavy atom. The van der Waals surface area contributed by atoms with E-state index in [0.717, 1.165) is 11.5 Å². The molecule has 1 fully saturated rings. The number of carbonyl (C=O) groups is 2. The van der Waals surface area contributed by atoms with Crippen LogP contribution in [0.3, 0.4) is 0 Å². The van der Waals surface area contributed by atoms with Gasteiger partial charge in [-0.25, -0.2) is 4.98 Å². The molecule has 3 N–H and O–H groups in total. The van der Waals surface area contributed by atoms with Crippen molar-refractivity contribution < 1.29 is 14.7 Å². The number of hydrogen-bond acceptors (Lipinski definition) is 6. The van der Waals surface area contributed by atoms with Crippen molar-refractivity contribution in [3.8, 4) is 23.2 Å². The Labute approximate surface area is 142 Å². The maximum absolute atomic E-state index is 11.9. The molecule has 122 valence electrons. The van der Waals surface area contributed by atoms with Crippen molar-refractivity contribution in [3.63, 3.8) is 0 Å². The van der Waals surface area contributed by atoms with Gasteiger partial charge in [0.2, 0.25) is 10.6 Å². The largest absolute Gasteiger partial charge is 0.369 e. The highest BCUT2D eigenvalue weighted by Crippen LogP contribution is 2.22. The summed E-state index contributed by atoms with van der Waals surface area (Å²) in [6.07, 6.45) is 0.282. The SMILES string of the molecule is CN1CCC(O)(C#Cc2cccc(-c3nsc(C(N)=O)n3)c2)C1=O. The van der Waals surface area contributed by atoms with Crippen molar-refractivity contribution in [1.82, 2.24) is 14.3 Å². The number of rotatable bonds is 2. The lowest BCUT2D eigenvalue weighted by Gasteiger charge is -2.13. The number of amides is 2. The van der Waals surface area contributed by atoms with Crippen LogP contribution in [0.5, 0.6) is 0 Å². The van der Waals surface area contributed by atoms with E-state index in [4.69, 9.17) is 5.73 Å². The van der Waals surface area contributed by atoms with E-state index in [1.165, 1.54) is 4.90 Å². The average molecular weight is 342 g/mol. The number of likely N-dealkylation sites (N-methyl/N-ethyl adjacent to an activating group) is 1. The molecule has 1 unspecified atom stereocenters. The summed E-state index contributed by atoms with van der Waals surface area (Å²) in [4.78, 5) is 28.5. The van der Waals surface area contributed by atoms with Crippen LogP contribution < -0.4 is 5.73 Å². The highest BCUT2D eigenvalue weighted by Gasteiger charge is 2.42. The van der Waals surface area contributed by atoms with Crippen LogP contribution in [0.25, 0.3) is 11.4 Å². The van der Waals surface area contributed by atoms with E-state index in [1.807, 2.05) is 0 Å². The van der Waals surface area contributed by atoms with Crippen LogP contribution in [0.4, 0.5) is 0 Å². The summed E-state index contributed by atoms with van der Waals surface area (Å²) in [5.41, 5.74) is 4.82. The van der Waals surface area contributed by atoms with Crippen LogP contribution >= 0.6 is 11.5 Å². The zero-order valence-corrected chi connectivity index (χ0v) is 13.6. The summed E-state index contributed by atoms with van der Waals surface area (Å²) >= 11 is 0.930. The molecule has 1 saturated heterocycles. The number of hydrogen-bond donors (Lipinski definition) is 2. The minimum Gasteiger partial charge on any atom is -0.369 e. The molecule has 1 aromatic carbocycles. The summed E-state index contributed by atoms with van der Waals surface area (Å²) < 4.78 is 4.09. The Balaban J connectivity index is 1.88. The molecule has 0 radical (unpaired) electrons. The first kappa shape index (κ1) is 16.1. The zero-order valence-electron chi connectivity index (χ0n) is 12.8. The molecule has 2 amide bonds. The molecule has 24 heavy (non-hydrogen) atoms. The van der Waals surface area contributed by atoms with Crippen LogP contribution in [0.2, 0.25) is 0 Å². The van der Waals surface area contributed by atoms with Gasteiger partial charge in [0.15, 0.2) is 5.82 Å². The van der Waals surface area contributed by atoms with E-state index in [1.54, 1.807) is 31.3 Å². The van der Waals surface area contributed by atoms with Gasteiger partial charge in [-0.3, -0.25) is 9.59 Å². The van der Waals surface area contributed by atoms with Gasteiger partial charge in [0.25, 0.3) is 11.8 Å². The van der Waals surface area contributed by atoms with Crippen LogP contribution in [0.1, 0.15) is 21.8 Å². The Morgan fingerprint density at radius 3 is 2.92 bits per heavy atom. The predicted octanol–water partition coefficient (Wildman–Crippen LogP) is 0.249. The van der Waals surface area contributed by atoms with E-state index < -0.39 is 17.4 Å². The van der Waals surface area contributed by atoms with E-state index in [9.17, 15) is 14.7 Å². The number of carbonyl (C=O) groups excluding carboxylic acids is 2. The van der Waals surface area contributed by atoms with Gasteiger partial charge in [-0.1, -0.05) is 24.0 Å². The molecule has 7 nitrogen and oxygen atoms in total. The third kappa shape index (κ3) is 2.99. The molecule has 0 saturated carbocycles. The van der Waals surface area contributed by atoms with Crippen molar-refractivity contribution >= 4 is 23.3 Å². The monoisotopic (exact) mass is 342 g/mol. The van der Waals surface area contributed by atoms with Crippen molar-refractivity contribution in [1.29, 1.82) is 0 Å². The fraction of sp³-hybridized carbons (Fsp3) is 0.250. The second-order valence-corrected chi connectivity index (χ2v) is 6.21. The minimum absolute atomic E-state index is 0.135. The van der Waals surface area contributed by atoms with E-state index >= 15 is 0 Å². The molecular formula is C16H14N4O3S. The number of primary amides is 1. The lowest BCUT2D eigenvalue weighted by molar-refractivity contribution is -0.137. The first-order valence-corrected chi connectivity index (χ1v) is 7.91. The number of aromatic nitrogens is 2. The minimum atomic E-state index is -1.64. The van der Waals surface area contributed by atoms with Crippen LogP contribution in [-0.2, 0) is 4.79 Å². The summed E-state index contributed by atoms with van der Waals surface area (Å²) in [5.74, 6) is 4.85. The maximum atomic E-state index is 11.9. The maximum Gasteiger partial charge on any atom is 0.279 e. The molecule has 1 atom stereocenters. The number of nitrogens with zero attached hydrogens (tertiary/aromatic N) is 3. The highest BCUT2D eigenvalue weighted by atomic mass is 32.1. The quantitative estimate of drug-likeness (QED) is 0.760. The van der Waals surface area contributed by atoms with Gasteiger partial charge in [-0.15, -0.1) is 0 Å². The topological polar surface area (TPSA) is 109 Å². The molecule has 8 heteroatoms.